The molecule has 13 atom stereocenters. The second-order valence-corrected chi connectivity index (χ2v) is 13.5. The fraction of sp³-hybridized carbons (Fsp3) is 0.806. The number of aldehydes is 1. The highest BCUT2D eigenvalue weighted by atomic mass is 16.7. The van der Waals surface area contributed by atoms with Gasteiger partial charge in [0.2, 0.25) is 0 Å². The lowest BCUT2D eigenvalue weighted by molar-refractivity contribution is -0.312. The summed E-state index contributed by atoms with van der Waals surface area (Å²) in [5.41, 5.74) is -1.12. The Hall–Kier alpha value is -1.62. The van der Waals surface area contributed by atoms with Crippen molar-refractivity contribution in [2.45, 2.75) is 120 Å². The maximum absolute atomic E-state index is 13.0. The number of rotatable bonds is 5. The molecule has 1 aliphatic heterocycles. The van der Waals surface area contributed by atoms with Crippen LogP contribution in [0.3, 0.4) is 0 Å². The Kier molecular flexibility index (Phi) is 7.32. The van der Waals surface area contributed by atoms with Crippen LogP contribution in [-0.4, -0.2) is 71.1 Å². The molecule has 6 rings (SSSR count). The van der Waals surface area contributed by atoms with E-state index in [2.05, 4.69) is 6.92 Å². The van der Waals surface area contributed by atoms with Crippen LogP contribution in [0.15, 0.2) is 27.6 Å². The molecule has 5 fully saturated rings. The summed E-state index contributed by atoms with van der Waals surface area (Å²) in [5.74, 6) is 0.398. The Morgan fingerprint density at radius 3 is 2.52 bits per heavy atom. The first kappa shape index (κ1) is 28.5. The van der Waals surface area contributed by atoms with Crippen LogP contribution in [-0.2, 0) is 19.0 Å². The third-order valence-corrected chi connectivity index (χ3v) is 12.1. The van der Waals surface area contributed by atoms with Crippen molar-refractivity contribution in [3.05, 3.63) is 34.4 Å². The molecular weight excluding hydrogens is 516 g/mol. The SMILES string of the molecule is COC1C(O)C(C)OC(OC2CC[C@]3(C=O)C4CC[C@]5(C)C(c6ccc(=O)oc6)CCC5(O)C4CC[C@H]3C2)C1O. The summed E-state index contributed by atoms with van der Waals surface area (Å²) in [5, 5.41) is 33.5. The molecule has 4 aliphatic carbocycles. The lowest BCUT2D eigenvalue weighted by Crippen LogP contribution is -2.63. The van der Waals surface area contributed by atoms with E-state index >= 15 is 0 Å². The molecule has 5 aliphatic rings. The number of carbonyl (C=O) groups excluding carboxylic acids is 1. The number of hydrogen-bond acceptors (Lipinski definition) is 9. The van der Waals surface area contributed by atoms with Crippen molar-refractivity contribution in [3.8, 4) is 0 Å². The number of hydrogen-bond donors (Lipinski definition) is 3. The number of aliphatic hydroxyl groups excluding tert-OH is 2. The van der Waals surface area contributed by atoms with Gasteiger partial charge in [-0.05, 0) is 100 Å². The van der Waals surface area contributed by atoms with Crippen LogP contribution in [0.2, 0.25) is 0 Å². The average Bonchev–Trinajstić information content (AvgIpc) is 3.23. The van der Waals surface area contributed by atoms with Gasteiger partial charge in [0, 0.05) is 24.0 Å². The summed E-state index contributed by atoms with van der Waals surface area (Å²) < 4.78 is 22.6. The van der Waals surface area contributed by atoms with Gasteiger partial charge in [0.25, 0.3) is 0 Å². The molecule has 3 N–H and O–H groups in total. The lowest BCUT2D eigenvalue weighted by Gasteiger charge is -2.63. The van der Waals surface area contributed by atoms with Gasteiger partial charge in [-0.1, -0.05) is 6.92 Å². The highest BCUT2D eigenvalue weighted by Gasteiger charge is 2.68. The van der Waals surface area contributed by atoms with Gasteiger partial charge in [0.15, 0.2) is 6.29 Å². The van der Waals surface area contributed by atoms with Gasteiger partial charge < -0.3 is 38.7 Å². The third kappa shape index (κ3) is 4.10. The summed E-state index contributed by atoms with van der Waals surface area (Å²) in [6.45, 7) is 3.93. The molecule has 0 amide bonds. The molecule has 9 heteroatoms. The molecule has 1 saturated heterocycles. The van der Waals surface area contributed by atoms with Crippen LogP contribution < -0.4 is 5.63 Å². The van der Waals surface area contributed by atoms with Crippen molar-refractivity contribution in [1.82, 2.24) is 0 Å². The van der Waals surface area contributed by atoms with Crippen LogP contribution in [0.25, 0.3) is 0 Å². The largest absolute Gasteiger partial charge is 0.431 e. The topological polar surface area (TPSA) is 136 Å². The van der Waals surface area contributed by atoms with Gasteiger partial charge in [-0.25, -0.2) is 4.79 Å². The minimum atomic E-state index is -1.11. The molecule has 222 valence electrons. The van der Waals surface area contributed by atoms with Crippen molar-refractivity contribution in [3.63, 3.8) is 0 Å². The van der Waals surface area contributed by atoms with E-state index in [1.165, 1.54) is 19.5 Å². The van der Waals surface area contributed by atoms with E-state index in [1.54, 1.807) is 13.2 Å². The van der Waals surface area contributed by atoms with Gasteiger partial charge >= 0.3 is 5.63 Å². The Morgan fingerprint density at radius 1 is 1.02 bits per heavy atom. The Labute approximate surface area is 235 Å². The second-order valence-electron chi connectivity index (χ2n) is 13.5. The quantitative estimate of drug-likeness (QED) is 0.367. The van der Waals surface area contributed by atoms with Gasteiger partial charge in [0.05, 0.1) is 24.1 Å². The van der Waals surface area contributed by atoms with Crippen molar-refractivity contribution < 1.29 is 38.7 Å². The standard InChI is InChI=1S/C31H44O9/c1-17-25(34)27(37-3)26(35)28(39-17)40-20-8-12-30(16-32)19(14-20)5-6-23-22(30)9-11-29(2)21(10-13-31(23,29)36)18-4-7-24(33)38-15-18/h4,7,15-17,19-23,25-28,34-36H,5-6,8-14H2,1-3H3/t17?,19-,20?,21?,22?,23?,25?,26?,27?,28?,29+,30+,31?/m0/s1. The summed E-state index contributed by atoms with van der Waals surface area (Å²) >= 11 is 0. The predicted molar refractivity (Wildman–Crippen MR) is 143 cm³/mol. The summed E-state index contributed by atoms with van der Waals surface area (Å²) in [4.78, 5) is 24.6. The van der Waals surface area contributed by atoms with Crippen LogP contribution in [0.5, 0.6) is 0 Å². The number of carbonyl (C=O) groups is 1. The summed E-state index contributed by atoms with van der Waals surface area (Å²) in [6.07, 6.45) is 5.26. The molecule has 1 aromatic rings. The second kappa shape index (κ2) is 10.3. The van der Waals surface area contributed by atoms with Gasteiger partial charge in [-0.15, -0.1) is 0 Å². The first-order chi connectivity index (χ1) is 19.1. The van der Waals surface area contributed by atoms with Crippen LogP contribution in [0.4, 0.5) is 0 Å². The predicted octanol–water partition coefficient (Wildman–Crippen LogP) is 2.93. The van der Waals surface area contributed by atoms with E-state index in [1.807, 2.05) is 6.07 Å². The smallest absolute Gasteiger partial charge is 0.335 e. The fourth-order valence-electron chi connectivity index (χ4n) is 9.91. The zero-order valence-electron chi connectivity index (χ0n) is 23.7. The zero-order valence-corrected chi connectivity index (χ0v) is 23.7. The van der Waals surface area contributed by atoms with E-state index in [0.29, 0.717) is 25.7 Å². The van der Waals surface area contributed by atoms with Gasteiger partial charge in [0.1, 0.15) is 24.6 Å². The van der Waals surface area contributed by atoms with Crippen molar-refractivity contribution in [2.24, 2.45) is 28.6 Å². The molecule has 2 heterocycles. The summed E-state index contributed by atoms with van der Waals surface area (Å²) in [6, 6.07) is 3.30. The van der Waals surface area contributed by atoms with Crippen LogP contribution in [0.1, 0.15) is 83.1 Å². The number of fused-ring (bicyclic) bond motifs is 5. The maximum Gasteiger partial charge on any atom is 0.335 e. The average molecular weight is 561 g/mol. The van der Waals surface area contributed by atoms with E-state index in [4.69, 9.17) is 18.6 Å². The highest BCUT2D eigenvalue weighted by molar-refractivity contribution is 5.62. The molecule has 40 heavy (non-hydrogen) atoms. The van der Waals surface area contributed by atoms with E-state index in [-0.39, 0.29) is 40.8 Å². The first-order valence-corrected chi connectivity index (χ1v) is 15.1. The Bertz CT molecular complexity index is 1130. The van der Waals surface area contributed by atoms with E-state index in [0.717, 1.165) is 37.7 Å². The molecule has 4 saturated carbocycles. The van der Waals surface area contributed by atoms with Crippen molar-refractivity contribution in [1.29, 1.82) is 0 Å². The molecule has 0 spiro atoms. The Morgan fingerprint density at radius 2 is 1.82 bits per heavy atom. The third-order valence-electron chi connectivity index (χ3n) is 12.1. The highest BCUT2D eigenvalue weighted by Crippen LogP contribution is 2.70. The molecule has 9 nitrogen and oxygen atoms in total. The van der Waals surface area contributed by atoms with Crippen molar-refractivity contribution in [2.75, 3.05) is 7.11 Å². The number of ether oxygens (including phenoxy) is 3. The lowest BCUT2D eigenvalue weighted by atomic mass is 9.43. The normalized spacial score (nSPS) is 50.5. The first-order valence-electron chi connectivity index (χ1n) is 15.1. The molecular formula is C31H44O9. The monoisotopic (exact) mass is 560 g/mol. The van der Waals surface area contributed by atoms with Crippen LogP contribution in [0, 0.1) is 28.6 Å². The fourth-order valence-corrected chi connectivity index (χ4v) is 9.91. The minimum absolute atomic E-state index is 0.0409. The van der Waals surface area contributed by atoms with Crippen LogP contribution >= 0.6 is 0 Å². The zero-order chi connectivity index (χ0) is 28.4. The molecule has 1 aromatic heterocycles. The summed E-state index contributed by atoms with van der Waals surface area (Å²) in [7, 11) is 1.46. The van der Waals surface area contributed by atoms with Gasteiger partial charge in [-0.3, -0.25) is 0 Å². The van der Waals surface area contributed by atoms with Gasteiger partial charge in [-0.2, -0.15) is 0 Å². The maximum atomic E-state index is 13.0. The molecule has 0 bridgehead atoms. The van der Waals surface area contributed by atoms with Crippen molar-refractivity contribution >= 4 is 6.29 Å². The number of aliphatic hydroxyl groups is 3. The van der Waals surface area contributed by atoms with E-state index < -0.39 is 41.7 Å². The number of methoxy groups -OCH3 is 1. The minimum Gasteiger partial charge on any atom is -0.431 e. The molecule has 0 aromatic carbocycles. The Balaban J connectivity index is 1.19. The van der Waals surface area contributed by atoms with E-state index in [9.17, 15) is 24.9 Å². The molecule has 0 radical (unpaired) electrons. The molecule has 10 unspecified atom stereocenters.